The topological polar surface area (TPSA) is 64.4 Å². The molecule has 88 valence electrons. The normalized spacial score (nSPS) is 20.3. The Morgan fingerprint density at radius 3 is 2.60 bits per heavy atom. The summed E-state index contributed by atoms with van der Waals surface area (Å²) in [6.45, 7) is 5.96. The number of hydrogen-bond donors (Lipinski definition) is 2. The van der Waals surface area contributed by atoms with Crippen molar-refractivity contribution in [1.29, 1.82) is 0 Å². The fourth-order valence-corrected chi connectivity index (χ4v) is 1.77. The van der Waals surface area contributed by atoms with E-state index in [0.29, 0.717) is 12.3 Å². The quantitative estimate of drug-likeness (QED) is 0.675. The molecule has 0 aromatic rings. The lowest BCUT2D eigenvalue weighted by molar-refractivity contribution is -0.152. The standard InChI is InChI=1S/C11H22N2O2/c1-8(2)7-10(12)11(14)15-9-3-5-13-6-4-9/h8-10,13H,3-7,12H2,1-2H3/t10-/m1/s1. The molecular weight excluding hydrogens is 192 g/mol. The highest BCUT2D eigenvalue weighted by molar-refractivity contribution is 5.75. The molecule has 1 aliphatic heterocycles. The van der Waals surface area contributed by atoms with Gasteiger partial charge >= 0.3 is 5.97 Å². The first kappa shape index (κ1) is 12.5. The van der Waals surface area contributed by atoms with Gasteiger partial charge in [0, 0.05) is 0 Å². The van der Waals surface area contributed by atoms with E-state index in [1.54, 1.807) is 0 Å². The summed E-state index contributed by atoms with van der Waals surface area (Å²) >= 11 is 0. The molecule has 1 aliphatic rings. The number of esters is 1. The van der Waals surface area contributed by atoms with E-state index in [9.17, 15) is 4.79 Å². The second kappa shape index (κ2) is 6.08. The van der Waals surface area contributed by atoms with Gasteiger partial charge in [0.15, 0.2) is 0 Å². The minimum atomic E-state index is -0.458. The number of nitrogens with two attached hydrogens (primary N) is 1. The summed E-state index contributed by atoms with van der Waals surface area (Å²) in [6, 6.07) is -0.458. The molecule has 0 aromatic heterocycles. The van der Waals surface area contributed by atoms with E-state index < -0.39 is 6.04 Å². The van der Waals surface area contributed by atoms with Crippen LogP contribution in [0.1, 0.15) is 33.1 Å². The maximum atomic E-state index is 11.6. The first-order chi connectivity index (χ1) is 7.09. The van der Waals surface area contributed by atoms with E-state index in [-0.39, 0.29) is 12.1 Å². The molecule has 0 saturated carbocycles. The molecule has 1 fully saturated rings. The maximum absolute atomic E-state index is 11.6. The van der Waals surface area contributed by atoms with E-state index in [1.807, 2.05) is 0 Å². The Labute approximate surface area is 91.5 Å². The van der Waals surface area contributed by atoms with Crippen molar-refractivity contribution in [3.63, 3.8) is 0 Å². The lowest BCUT2D eigenvalue weighted by Gasteiger charge is -2.24. The summed E-state index contributed by atoms with van der Waals surface area (Å²) in [5.74, 6) is 0.191. The van der Waals surface area contributed by atoms with Gasteiger partial charge in [-0.25, -0.2) is 0 Å². The minimum Gasteiger partial charge on any atom is -0.461 e. The SMILES string of the molecule is CC(C)C[C@@H](N)C(=O)OC1CCNCC1. The number of carbonyl (C=O) groups is 1. The summed E-state index contributed by atoms with van der Waals surface area (Å²) in [7, 11) is 0. The van der Waals surface area contributed by atoms with Gasteiger partial charge in [0.1, 0.15) is 12.1 Å². The van der Waals surface area contributed by atoms with E-state index >= 15 is 0 Å². The molecular formula is C11H22N2O2. The Hall–Kier alpha value is -0.610. The van der Waals surface area contributed by atoms with Crippen molar-refractivity contribution < 1.29 is 9.53 Å². The van der Waals surface area contributed by atoms with Gasteiger partial charge in [-0.1, -0.05) is 13.8 Å². The van der Waals surface area contributed by atoms with E-state index in [2.05, 4.69) is 19.2 Å². The summed E-state index contributed by atoms with van der Waals surface area (Å²) in [6.07, 6.45) is 2.57. The third-order valence-corrected chi connectivity index (χ3v) is 2.60. The molecule has 0 aliphatic carbocycles. The van der Waals surface area contributed by atoms with Crippen molar-refractivity contribution in [2.45, 2.75) is 45.3 Å². The Balaban J connectivity index is 2.27. The van der Waals surface area contributed by atoms with Gasteiger partial charge in [0.05, 0.1) is 0 Å². The number of nitrogens with one attached hydrogen (secondary N) is 1. The number of ether oxygens (including phenoxy) is 1. The molecule has 3 N–H and O–H groups in total. The van der Waals surface area contributed by atoms with Crippen LogP contribution in [0.15, 0.2) is 0 Å². The zero-order valence-corrected chi connectivity index (χ0v) is 9.66. The smallest absolute Gasteiger partial charge is 0.323 e. The molecule has 0 unspecified atom stereocenters. The van der Waals surface area contributed by atoms with Crippen molar-refractivity contribution in [3.05, 3.63) is 0 Å². The molecule has 0 spiro atoms. The lowest BCUT2D eigenvalue weighted by Crippen LogP contribution is -2.39. The van der Waals surface area contributed by atoms with Crippen LogP contribution in [-0.2, 0) is 9.53 Å². The predicted molar refractivity (Wildman–Crippen MR) is 59.4 cm³/mol. The van der Waals surface area contributed by atoms with Gasteiger partial charge in [0.2, 0.25) is 0 Å². The Kier molecular flexibility index (Phi) is 5.05. The van der Waals surface area contributed by atoms with E-state index in [1.165, 1.54) is 0 Å². The molecule has 0 amide bonds. The summed E-state index contributed by atoms with van der Waals surface area (Å²) in [5, 5.41) is 3.23. The molecule has 1 atom stereocenters. The summed E-state index contributed by atoms with van der Waals surface area (Å²) < 4.78 is 5.35. The van der Waals surface area contributed by atoms with Crippen LogP contribution in [0.5, 0.6) is 0 Å². The van der Waals surface area contributed by atoms with Crippen molar-refractivity contribution in [2.24, 2.45) is 11.7 Å². The highest BCUT2D eigenvalue weighted by Crippen LogP contribution is 2.10. The summed E-state index contributed by atoms with van der Waals surface area (Å²) in [5.41, 5.74) is 5.75. The van der Waals surface area contributed by atoms with E-state index in [4.69, 9.17) is 10.5 Å². The van der Waals surface area contributed by atoms with Crippen LogP contribution >= 0.6 is 0 Å². The van der Waals surface area contributed by atoms with Crippen LogP contribution < -0.4 is 11.1 Å². The number of hydrogen-bond acceptors (Lipinski definition) is 4. The Morgan fingerprint density at radius 1 is 1.47 bits per heavy atom. The molecule has 1 saturated heterocycles. The fourth-order valence-electron chi connectivity index (χ4n) is 1.77. The van der Waals surface area contributed by atoms with Gasteiger partial charge in [0.25, 0.3) is 0 Å². The number of carbonyl (C=O) groups excluding carboxylic acids is 1. The summed E-state index contributed by atoms with van der Waals surface area (Å²) in [4.78, 5) is 11.6. The van der Waals surface area contributed by atoms with Gasteiger partial charge in [-0.05, 0) is 38.3 Å². The van der Waals surface area contributed by atoms with Crippen molar-refractivity contribution in [2.75, 3.05) is 13.1 Å². The lowest BCUT2D eigenvalue weighted by atomic mass is 10.0. The number of rotatable bonds is 4. The van der Waals surface area contributed by atoms with Crippen LogP contribution in [-0.4, -0.2) is 31.2 Å². The zero-order chi connectivity index (χ0) is 11.3. The maximum Gasteiger partial charge on any atom is 0.323 e. The average molecular weight is 214 g/mol. The second-order valence-electron chi connectivity index (χ2n) is 4.62. The molecule has 15 heavy (non-hydrogen) atoms. The van der Waals surface area contributed by atoms with Gasteiger partial charge in [-0.15, -0.1) is 0 Å². The highest BCUT2D eigenvalue weighted by atomic mass is 16.5. The molecule has 0 bridgehead atoms. The van der Waals surface area contributed by atoms with Crippen LogP contribution in [0.25, 0.3) is 0 Å². The van der Waals surface area contributed by atoms with Crippen LogP contribution in [0.2, 0.25) is 0 Å². The third-order valence-electron chi connectivity index (χ3n) is 2.60. The Bertz CT molecular complexity index is 201. The monoisotopic (exact) mass is 214 g/mol. The van der Waals surface area contributed by atoms with Crippen LogP contribution in [0, 0.1) is 5.92 Å². The molecule has 0 aromatic carbocycles. The van der Waals surface area contributed by atoms with Crippen molar-refractivity contribution >= 4 is 5.97 Å². The molecule has 4 heteroatoms. The molecule has 1 heterocycles. The Morgan fingerprint density at radius 2 is 2.07 bits per heavy atom. The average Bonchev–Trinajstić information content (AvgIpc) is 2.18. The third kappa shape index (κ3) is 4.62. The molecule has 0 radical (unpaired) electrons. The second-order valence-corrected chi connectivity index (χ2v) is 4.62. The largest absolute Gasteiger partial charge is 0.461 e. The van der Waals surface area contributed by atoms with Crippen LogP contribution in [0.4, 0.5) is 0 Å². The van der Waals surface area contributed by atoms with E-state index in [0.717, 1.165) is 25.9 Å². The van der Waals surface area contributed by atoms with Gasteiger partial charge < -0.3 is 15.8 Å². The van der Waals surface area contributed by atoms with Crippen molar-refractivity contribution in [1.82, 2.24) is 5.32 Å². The van der Waals surface area contributed by atoms with Gasteiger partial charge in [-0.3, -0.25) is 4.79 Å². The number of piperidine rings is 1. The van der Waals surface area contributed by atoms with Crippen molar-refractivity contribution in [3.8, 4) is 0 Å². The van der Waals surface area contributed by atoms with Crippen LogP contribution in [0.3, 0.4) is 0 Å². The highest BCUT2D eigenvalue weighted by Gasteiger charge is 2.22. The molecule has 1 rings (SSSR count). The molecule has 4 nitrogen and oxygen atoms in total. The minimum absolute atomic E-state index is 0.0666. The predicted octanol–water partition coefficient (Wildman–Crippen LogP) is 0.655. The zero-order valence-electron chi connectivity index (χ0n) is 9.66. The van der Waals surface area contributed by atoms with Gasteiger partial charge in [-0.2, -0.15) is 0 Å². The first-order valence-electron chi connectivity index (χ1n) is 5.76. The first-order valence-corrected chi connectivity index (χ1v) is 5.76. The fraction of sp³-hybridized carbons (Fsp3) is 0.909.